The Bertz CT molecular complexity index is 1000. The molecular formula is C21H16F2N2O2. The third-order valence-electron chi connectivity index (χ3n) is 3.88. The number of halogens is 2. The van der Waals surface area contributed by atoms with Crippen molar-refractivity contribution in [3.63, 3.8) is 0 Å². The van der Waals surface area contributed by atoms with E-state index in [9.17, 15) is 18.4 Å². The van der Waals surface area contributed by atoms with Crippen LogP contribution in [0.4, 0.5) is 20.2 Å². The molecule has 6 heteroatoms. The zero-order valence-electron chi connectivity index (χ0n) is 14.4. The van der Waals surface area contributed by atoms with Gasteiger partial charge >= 0.3 is 0 Å². The van der Waals surface area contributed by atoms with Gasteiger partial charge in [0.15, 0.2) is 0 Å². The monoisotopic (exact) mass is 366 g/mol. The lowest BCUT2D eigenvalue weighted by Crippen LogP contribution is -2.16. The van der Waals surface area contributed by atoms with E-state index in [1.807, 2.05) is 19.1 Å². The molecule has 0 heterocycles. The maximum Gasteiger partial charge on any atom is 0.255 e. The van der Waals surface area contributed by atoms with Gasteiger partial charge in [0.05, 0.1) is 5.69 Å². The standard InChI is InChI=1S/C21H16F2N2O2/c1-13-5-8-17(9-6-13)24-20(26)14-3-2-4-15(11-14)21(27)25-19-10-7-16(22)12-18(19)23/h2-12H,1H3,(H,24,26)(H,25,27). The second kappa shape index (κ2) is 7.78. The number of nitrogens with one attached hydrogen (secondary N) is 2. The van der Waals surface area contributed by atoms with Crippen LogP contribution in [0.15, 0.2) is 66.7 Å². The molecule has 2 N–H and O–H groups in total. The van der Waals surface area contributed by atoms with Crippen molar-refractivity contribution in [3.8, 4) is 0 Å². The summed E-state index contributed by atoms with van der Waals surface area (Å²) < 4.78 is 26.6. The minimum absolute atomic E-state index is 0.143. The van der Waals surface area contributed by atoms with Crippen LogP contribution in [0, 0.1) is 18.6 Å². The Balaban J connectivity index is 1.75. The number of amides is 2. The van der Waals surface area contributed by atoms with Crippen molar-refractivity contribution in [1.29, 1.82) is 0 Å². The third kappa shape index (κ3) is 4.55. The summed E-state index contributed by atoms with van der Waals surface area (Å²) in [4.78, 5) is 24.7. The van der Waals surface area contributed by atoms with Crippen LogP contribution in [-0.4, -0.2) is 11.8 Å². The Hall–Kier alpha value is -3.54. The van der Waals surface area contributed by atoms with E-state index in [-0.39, 0.29) is 22.7 Å². The first-order valence-electron chi connectivity index (χ1n) is 8.17. The fourth-order valence-electron chi connectivity index (χ4n) is 2.43. The first kappa shape index (κ1) is 18.3. The summed E-state index contributed by atoms with van der Waals surface area (Å²) in [5.41, 5.74) is 2.02. The van der Waals surface area contributed by atoms with Gasteiger partial charge in [-0.1, -0.05) is 23.8 Å². The van der Waals surface area contributed by atoms with Crippen molar-refractivity contribution < 1.29 is 18.4 Å². The van der Waals surface area contributed by atoms with Gasteiger partial charge in [0.25, 0.3) is 11.8 Å². The van der Waals surface area contributed by atoms with Gasteiger partial charge in [-0.3, -0.25) is 9.59 Å². The van der Waals surface area contributed by atoms with Gasteiger partial charge in [0, 0.05) is 22.9 Å². The van der Waals surface area contributed by atoms with E-state index in [1.165, 1.54) is 12.1 Å². The van der Waals surface area contributed by atoms with Crippen molar-refractivity contribution >= 4 is 23.2 Å². The zero-order valence-corrected chi connectivity index (χ0v) is 14.4. The summed E-state index contributed by atoms with van der Waals surface area (Å²) in [6, 6.07) is 16.2. The number of hydrogen-bond acceptors (Lipinski definition) is 2. The molecule has 0 spiro atoms. The number of anilines is 2. The van der Waals surface area contributed by atoms with Crippen LogP contribution in [0.1, 0.15) is 26.3 Å². The van der Waals surface area contributed by atoms with Crippen LogP contribution in [0.2, 0.25) is 0 Å². The van der Waals surface area contributed by atoms with E-state index in [0.717, 1.165) is 17.7 Å². The van der Waals surface area contributed by atoms with Crippen molar-refractivity contribution in [3.05, 3.63) is 95.1 Å². The summed E-state index contributed by atoms with van der Waals surface area (Å²) in [5, 5.41) is 5.11. The van der Waals surface area contributed by atoms with Crippen LogP contribution >= 0.6 is 0 Å². The molecule has 0 aromatic heterocycles. The summed E-state index contributed by atoms with van der Waals surface area (Å²) in [7, 11) is 0. The molecule has 0 saturated carbocycles. The van der Waals surface area contributed by atoms with Crippen LogP contribution in [-0.2, 0) is 0 Å². The van der Waals surface area contributed by atoms with Gasteiger partial charge < -0.3 is 10.6 Å². The van der Waals surface area contributed by atoms with Crippen molar-refractivity contribution in [1.82, 2.24) is 0 Å². The molecule has 3 aromatic carbocycles. The summed E-state index contributed by atoms with van der Waals surface area (Å²) >= 11 is 0. The molecule has 0 aliphatic heterocycles. The molecule has 2 amide bonds. The van der Waals surface area contributed by atoms with Crippen molar-refractivity contribution in [2.24, 2.45) is 0 Å². The average molecular weight is 366 g/mol. The number of carbonyl (C=O) groups is 2. The van der Waals surface area contributed by atoms with Gasteiger partial charge in [-0.25, -0.2) is 8.78 Å². The Kier molecular flexibility index (Phi) is 5.26. The second-order valence-corrected chi connectivity index (χ2v) is 5.98. The predicted octanol–water partition coefficient (Wildman–Crippen LogP) is 4.78. The molecule has 27 heavy (non-hydrogen) atoms. The van der Waals surface area contributed by atoms with Gasteiger partial charge in [-0.05, 0) is 49.4 Å². The Labute approximate surface area is 154 Å². The lowest BCUT2D eigenvalue weighted by Gasteiger charge is -2.09. The first-order chi connectivity index (χ1) is 12.9. The first-order valence-corrected chi connectivity index (χ1v) is 8.17. The Morgan fingerprint density at radius 1 is 0.778 bits per heavy atom. The lowest BCUT2D eigenvalue weighted by atomic mass is 10.1. The van der Waals surface area contributed by atoms with E-state index in [0.29, 0.717) is 11.8 Å². The summed E-state index contributed by atoms with van der Waals surface area (Å²) in [6.45, 7) is 1.94. The normalized spacial score (nSPS) is 10.3. The third-order valence-corrected chi connectivity index (χ3v) is 3.88. The topological polar surface area (TPSA) is 58.2 Å². The average Bonchev–Trinajstić information content (AvgIpc) is 2.66. The molecule has 0 aliphatic carbocycles. The Morgan fingerprint density at radius 3 is 2.04 bits per heavy atom. The highest BCUT2D eigenvalue weighted by Gasteiger charge is 2.13. The SMILES string of the molecule is Cc1ccc(NC(=O)c2cccc(C(=O)Nc3ccc(F)cc3F)c2)cc1. The second-order valence-electron chi connectivity index (χ2n) is 5.98. The largest absolute Gasteiger partial charge is 0.322 e. The van der Waals surface area contributed by atoms with Crippen LogP contribution < -0.4 is 10.6 Å². The molecule has 0 fully saturated rings. The van der Waals surface area contributed by atoms with E-state index < -0.39 is 17.5 Å². The summed E-state index contributed by atoms with van der Waals surface area (Å²) in [5.74, 6) is -2.59. The molecule has 0 aliphatic rings. The molecule has 3 rings (SSSR count). The number of aryl methyl sites for hydroxylation is 1. The van der Waals surface area contributed by atoms with Gasteiger partial charge in [0.1, 0.15) is 11.6 Å². The maximum absolute atomic E-state index is 13.7. The lowest BCUT2D eigenvalue weighted by molar-refractivity contribution is 0.102. The highest BCUT2D eigenvalue weighted by molar-refractivity contribution is 6.08. The molecule has 0 atom stereocenters. The highest BCUT2D eigenvalue weighted by Crippen LogP contribution is 2.17. The smallest absolute Gasteiger partial charge is 0.255 e. The molecule has 0 unspecified atom stereocenters. The molecule has 4 nitrogen and oxygen atoms in total. The minimum Gasteiger partial charge on any atom is -0.322 e. The van der Waals surface area contributed by atoms with E-state index in [1.54, 1.807) is 24.3 Å². The highest BCUT2D eigenvalue weighted by atomic mass is 19.1. The fraction of sp³-hybridized carbons (Fsp3) is 0.0476. The van der Waals surface area contributed by atoms with Crippen LogP contribution in [0.3, 0.4) is 0 Å². The number of benzene rings is 3. The van der Waals surface area contributed by atoms with Gasteiger partial charge in [-0.2, -0.15) is 0 Å². The Morgan fingerprint density at radius 2 is 1.41 bits per heavy atom. The minimum atomic E-state index is -0.878. The molecule has 136 valence electrons. The number of carbonyl (C=O) groups excluding carboxylic acids is 2. The van der Waals surface area contributed by atoms with E-state index >= 15 is 0 Å². The van der Waals surface area contributed by atoms with Crippen LogP contribution in [0.25, 0.3) is 0 Å². The zero-order chi connectivity index (χ0) is 19.4. The number of hydrogen-bond donors (Lipinski definition) is 2. The molecule has 0 bridgehead atoms. The molecule has 0 radical (unpaired) electrons. The van der Waals surface area contributed by atoms with E-state index in [2.05, 4.69) is 10.6 Å². The molecule has 0 saturated heterocycles. The van der Waals surface area contributed by atoms with E-state index in [4.69, 9.17) is 0 Å². The molecule has 3 aromatic rings. The predicted molar refractivity (Wildman–Crippen MR) is 99.9 cm³/mol. The van der Waals surface area contributed by atoms with Crippen molar-refractivity contribution in [2.75, 3.05) is 10.6 Å². The fourth-order valence-corrected chi connectivity index (χ4v) is 2.43. The van der Waals surface area contributed by atoms with Crippen molar-refractivity contribution in [2.45, 2.75) is 6.92 Å². The quantitative estimate of drug-likeness (QED) is 0.698. The van der Waals surface area contributed by atoms with Crippen LogP contribution in [0.5, 0.6) is 0 Å². The molecular weight excluding hydrogens is 350 g/mol. The van der Waals surface area contributed by atoms with Gasteiger partial charge in [-0.15, -0.1) is 0 Å². The van der Waals surface area contributed by atoms with Gasteiger partial charge in [0.2, 0.25) is 0 Å². The maximum atomic E-state index is 13.7. The summed E-state index contributed by atoms with van der Waals surface area (Å²) in [6.07, 6.45) is 0. The number of rotatable bonds is 4.